The van der Waals surface area contributed by atoms with Crippen LogP contribution in [0.25, 0.3) is 5.69 Å². The minimum Gasteiger partial charge on any atom is -0.493 e. The lowest BCUT2D eigenvalue weighted by atomic mass is 10.2. The Morgan fingerprint density at radius 3 is 2.42 bits per heavy atom. The van der Waals surface area contributed by atoms with Crippen LogP contribution in [0.3, 0.4) is 0 Å². The van der Waals surface area contributed by atoms with Crippen LogP contribution in [0.1, 0.15) is 21.6 Å². The lowest BCUT2D eigenvalue weighted by Crippen LogP contribution is -2.24. The minimum atomic E-state index is -4.85. The number of halogens is 4. The van der Waals surface area contributed by atoms with Crippen LogP contribution in [-0.2, 0) is 6.54 Å². The largest absolute Gasteiger partial charge is 0.573 e. The molecule has 12 heteroatoms. The summed E-state index contributed by atoms with van der Waals surface area (Å²) in [5.74, 6) is -0.969. The number of carbonyl (C=O) groups excluding carboxylic acids is 1. The maximum Gasteiger partial charge on any atom is 0.573 e. The molecule has 36 heavy (non-hydrogen) atoms. The van der Waals surface area contributed by atoms with Crippen molar-refractivity contribution in [3.05, 3.63) is 99.2 Å². The number of hydrogen-bond donors (Lipinski definition) is 2. The molecule has 0 aliphatic rings. The fourth-order valence-electron chi connectivity index (χ4n) is 3.47. The summed E-state index contributed by atoms with van der Waals surface area (Å²) in [6.45, 7) is 1.56. The average Bonchev–Trinajstić information content (AvgIpc) is 3.02. The Bertz CT molecular complexity index is 1460. The van der Waals surface area contributed by atoms with E-state index in [9.17, 15) is 27.9 Å². The van der Waals surface area contributed by atoms with Crippen molar-refractivity contribution in [2.45, 2.75) is 19.8 Å². The lowest BCUT2D eigenvalue weighted by Gasteiger charge is -2.09. The molecule has 0 saturated carbocycles. The minimum absolute atomic E-state index is 0.0346. The number of pyridine rings is 1. The van der Waals surface area contributed by atoms with Crippen molar-refractivity contribution in [3.63, 3.8) is 0 Å². The Morgan fingerprint density at radius 2 is 1.78 bits per heavy atom. The number of nitrogens with zero attached hydrogens (tertiary/aromatic N) is 3. The van der Waals surface area contributed by atoms with E-state index in [4.69, 9.17) is 11.6 Å². The second-order valence-electron chi connectivity index (χ2n) is 7.67. The standard InChI is InChI=1S/C24H18ClF3N4O4/c1-14-22(34)32(18-6-8-19(9-7-18)36-24(26,27)28)23(35)31(14)13-15-10-11-29-20(12-15)30-21(33)16-2-4-17(25)5-3-16/h2-12,34H,13H2,1H3,(H,29,30,33). The van der Waals surface area contributed by atoms with Crippen molar-refractivity contribution in [2.24, 2.45) is 0 Å². The van der Waals surface area contributed by atoms with Gasteiger partial charge in [0.2, 0.25) is 5.88 Å². The first-order valence-corrected chi connectivity index (χ1v) is 10.8. The fraction of sp³-hybridized carbons (Fsp3) is 0.125. The Morgan fingerprint density at radius 1 is 1.11 bits per heavy atom. The summed E-state index contributed by atoms with van der Waals surface area (Å²) in [5, 5.41) is 13.7. The van der Waals surface area contributed by atoms with E-state index in [2.05, 4.69) is 15.0 Å². The second kappa shape index (κ2) is 9.78. The summed E-state index contributed by atoms with van der Waals surface area (Å²) >= 11 is 5.84. The quantitative estimate of drug-likeness (QED) is 0.378. The summed E-state index contributed by atoms with van der Waals surface area (Å²) < 4.78 is 43.3. The molecule has 2 heterocycles. The van der Waals surface area contributed by atoms with Gasteiger partial charge >= 0.3 is 12.1 Å². The second-order valence-corrected chi connectivity index (χ2v) is 8.10. The number of hydrogen-bond acceptors (Lipinski definition) is 5. The van der Waals surface area contributed by atoms with E-state index in [0.29, 0.717) is 16.1 Å². The van der Waals surface area contributed by atoms with Gasteiger partial charge < -0.3 is 15.2 Å². The van der Waals surface area contributed by atoms with E-state index in [1.54, 1.807) is 36.4 Å². The molecule has 2 N–H and O–H groups in total. The number of amides is 1. The molecule has 0 aliphatic heterocycles. The smallest absolute Gasteiger partial charge is 0.493 e. The van der Waals surface area contributed by atoms with Crippen LogP contribution in [0.2, 0.25) is 5.02 Å². The Hall–Kier alpha value is -4.25. The zero-order chi connectivity index (χ0) is 26.0. The first kappa shape index (κ1) is 24.9. The summed E-state index contributed by atoms with van der Waals surface area (Å²) in [6.07, 6.45) is -3.39. The average molecular weight is 519 g/mol. The molecule has 2 aromatic carbocycles. The van der Waals surface area contributed by atoms with Crippen LogP contribution < -0.4 is 15.7 Å². The highest BCUT2D eigenvalue weighted by Crippen LogP contribution is 2.26. The SMILES string of the molecule is Cc1c(O)n(-c2ccc(OC(F)(F)F)cc2)c(=O)n1Cc1ccnc(NC(=O)c2ccc(Cl)cc2)c1. The summed E-state index contributed by atoms with van der Waals surface area (Å²) in [4.78, 5) is 29.6. The highest BCUT2D eigenvalue weighted by Gasteiger charge is 2.31. The Labute approximate surface area is 207 Å². The fourth-order valence-corrected chi connectivity index (χ4v) is 3.59. The van der Waals surface area contributed by atoms with Crippen LogP contribution in [0.4, 0.5) is 19.0 Å². The molecule has 0 radical (unpaired) electrons. The van der Waals surface area contributed by atoms with Crippen LogP contribution in [-0.4, -0.2) is 31.5 Å². The van der Waals surface area contributed by atoms with Gasteiger partial charge in [0.25, 0.3) is 5.91 Å². The van der Waals surface area contributed by atoms with Crippen molar-refractivity contribution in [2.75, 3.05) is 5.32 Å². The monoisotopic (exact) mass is 518 g/mol. The van der Waals surface area contributed by atoms with Crippen molar-refractivity contribution >= 4 is 23.3 Å². The number of aromatic hydroxyl groups is 1. The number of benzene rings is 2. The summed E-state index contributed by atoms with van der Waals surface area (Å²) in [7, 11) is 0. The van der Waals surface area contributed by atoms with Gasteiger partial charge in [0.05, 0.1) is 17.9 Å². The third-order valence-corrected chi connectivity index (χ3v) is 5.46. The molecule has 8 nitrogen and oxygen atoms in total. The number of anilines is 1. The highest BCUT2D eigenvalue weighted by molar-refractivity contribution is 6.30. The molecular formula is C24H18ClF3N4O4. The van der Waals surface area contributed by atoms with Crippen molar-refractivity contribution in [1.29, 1.82) is 0 Å². The predicted molar refractivity (Wildman–Crippen MR) is 126 cm³/mol. The van der Waals surface area contributed by atoms with Gasteiger partial charge in [-0.1, -0.05) is 11.6 Å². The normalized spacial score (nSPS) is 11.4. The molecule has 186 valence electrons. The van der Waals surface area contributed by atoms with Gasteiger partial charge in [0.15, 0.2) is 0 Å². The molecule has 2 aromatic heterocycles. The van der Waals surface area contributed by atoms with Gasteiger partial charge in [-0.25, -0.2) is 14.3 Å². The van der Waals surface area contributed by atoms with Gasteiger partial charge in [-0.15, -0.1) is 13.2 Å². The third-order valence-electron chi connectivity index (χ3n) is 5.20. The molecule has 0 fully saturated rings. The molecule has 0 aliphatic carbocycles. The van der Waals surface area contributed by atoms with Crippen LogP contribution in [0, 0.1) is 6.92 Å². The van der Waals surface area contributed by atoms with E-state index < -0.39 is 23.7 Å². The first-order chi connectivity index (χ1) is 17.0. The molecule has 0 atom stereocenters. The lowest BCUT2D eigenvalue weighted by molar-refractivity contribution is -0.274. The molecule has 0 bridgehead atoms. The van der Waals surface area contributed by atoms with Gasteiger partial charge in [0.1, 0.15) is 11.6 Å². The molecule has 4 rings (SSSR count). The number of nitrogens with one attached hydrogen (secondary N) is 1. The van der Waals surface area contributed by atoms with Crippen LogP contribution in [0.15, 0.2) is 71.7 Å². The van der Waals surface area contributed by atoms with Crippen molar-refractivity contribution < 1.29 is 27.8 Å². The topological polar surface area (TPSA) is 98.4 Å². The Kier molecular flexibility index (Phi) is 6.75. The predicted octanol–water partition coefficient (Wildman–Crippen LogP) is 4.90. The van der Waals surface area contributed by atoms with Crippen molar-refractivity contribution in [1.82, 2.24) is 14.1 Å². The molecule has 0 saturated heterocycles. The number of ether oxygens (including phenoxy) is 1. The first-order valence-electron chi connectivity index (χ1n) is 10.4. The molecule has 0 unspecified atom stereocenters. The van der Waals surface area contributed by atoms with E-state index in [1.165, 1.54) is 29.8 Å². The van der Waals surface area contributed by atoms with E-state index >= 15 is 0 Å². The van der Waals surface area contributed by atoms with Gasteiger partial charge in [-0.3, -0.25) is 9.36 Å². The maximum absolute atomic E-state index is 13.1. The summed E-state index contributed by atoms with van der Waals surface area (Å²) in [6, 6.07) is 14.1. The number of alkyl halides is 3. The molecule has 4 aromatic rings. The van der Waals surface area contributed by atoms with Gasteiger partial charge in [-0.05, 0) is 73.2 Å². The van der Waals surface area contributed by atoms with Crippen molar-refractivity contribution in [3.8, 4) is 17.3 Å². The summed E-state index contributed by atoms with van der Waals surface area (Å²) in [5.41, 5.74) is 0.761. The maximum atomic E-state index is 13.1. The van der Waals surface area contributed by atoms with E-state index in [-0.39, 0.29) is 29.6 Å². The van der Waals surface area contributed by atoms with Gasteiger partial charge in [-0.2, -0.15) is 0 Å². The van der Waals surface area contributed by atoms with E-state index in [1.807, 2.05) is 0 Å². The number of imidazole rings is 1. The molecule has 1 amide bonds. The molecular weight excluding hydrogens is 501 g/mol. The van der Waals surface area contributed by atoms with E-state index in [0.717, 1.165) is 16.7 Å². The van der Waals surface area contributed by atoms with Crippen LogP contribution >= 0.6 is 11.6 Å². The number of rotatable bonds is 6. The zero-order valence-electron chi connectivity index (χ0n) is 18.6. The Balaban J connectivity index is 1.56. The number of aromatic nitrogens is 3. The van der Waals surface area contributed by atoms with Crippen LogP contribution in [0.5, 0.6) is 11.6 Å². The zero-order valence-corrected chi connectivity index (χ0v) is 19.3. The van der Waals surface area contributed by atoms with Gasteiger partial charge in [0, 0.05) is 16.8 Å². The third kappa shape index (κ3) is 5.52. The number of carbonyl (C=O) groups is 1. The highest BCUT2D eigenvalue weighted by atomic mass is 35.5. The molecule has 0 spiro atoms.